The molecule has 1 aliphatic rings. The summed E-state index contributed by atoms with van der Waals surface area (Å²) in [4.78, 5) is 30.1. The zero-order chi connectivity index (χ0) is 20.5. The molecule has 8 nitrogen and oxygen atoms in total. The van der Waals surface area contributed by atoms with Crippen LogP contribution < -0.4 is 10.6 Å². The zero-order valence-electron chi connectivity index (χ0n) is 16.8. The predicted molar refractivity (Wildman–Crippen MR) is 119 cm³/mol. The largest absolute Gasteiger partial charge is 0.379 e. The minimum Gasteiger partial charge on any atom is -0.379 e. The van der Waals surface area contributed by atoms with Crippen LogP contribution in [0.2, 0.25) is 0 Å². The number of nitro benzene ring substituents is 1. The van der Waals surface area contributed by atoms with Crippen LogP contribution >= 0.6 is 12.4 Å². The fourth-order valence-corrected chi connectivity index (χ4v) is 3.63. The minimum absolute atomic E-state index is 0. The SMILES string of the molecule is Cl.O=C(CCNc1ccccc1[N+](=O)[O-])N(Cc1ccccn1)C1CCCNCC1. The quantitative estimate of drug-likeness (QED) is 0.489. The molecule has 0 spiro atoms. The Morgan fingerprint density at radius 1 is 1.20 bits per heavy atom. The van der Waals surface area contributed by atoms with Gasteiger partial charge in [-0.15, -0.1) is 12.4 Å². The Morgan fingerprint density at radius 3 is 2.77 bits per heavy atom. The molecule has 0 aliphatic carbocycles. The van der Waals surface area contributed by atoms with E-state index in [-0.39, 0.29) is 36.5 Å². The molecule has 2 N–H and O–H groups in total. The van der Waals surface area contributed by atoms with E-state index in [1.807, 2.05) is 23.1 Å². The number of benzene rings is 1. The number of para-hydroxylation sites is 2. The van der Waals surface area contributed by atoms with Crippen LogP contribution in [0.4, 0.5) is 11.4 Å². The summed E-state index contributed by atoms with van der Waals surface area (Å²) in [7, 11) is 0. The number of hydrogen-bond acceptors (Lipinski definition) is 6. The lowest BCUT2D eigenvalue weighted by Gasteiger charge is -2.31. The fraction of sp³-hybridized carbons (Fsp3) is 0.429. The van der Waals surface area contributed by atoms with Crippen molar-refractivity contribution >= 4 is 29.7 Å². The predicted octanol–water partition coefficient (Wildman–Crippen LogP) is 3.38. The molecule has 1 atom stereocenters. The topological polar surface area (TPSA) is 100 Å². The number of hydrogen-bond donors (Lipinski definition) is 2. The molecule has 0 saturated carbocycles. The number of nitrogens with zero attached hydrogens (tertiary/aromatic N) is 3. The highest BCUT2D eigenvalue weighted by Crippen LogP contribution is 2.23. The molecular formula is C21H28ClN5O3. The molecule has 162 valence electrons. The van der Waals surface area contributed by atoms with Crippen LogP contribution in [-0.2, 0) is 11.3 Å². The maximum atomic E-state index is 13.1. The normalized spacial score (nSPS) is 16.1. The molecule has 1 aromatic heterocycles. The number of carbonyl (C=O) groups is 1. The van der Waals surface area contributed by atoms with Crippen LogP contribution in [0, 0.1) is 10.1 Å². The van der Waals surface area contributed by atoms with Crippen LogP contribution in [0.5, 0.6) is 0 Å². The van der Waals surface area contributed by atoms with Gasteiger partial charge in [-0.05, 0) is 50.6 Å². The molecule has 30 heavy (non-hydrogen) atoms. The number of amides is 1. The zero-order valence-corrected chi connectivity index (χ0v) is 17.6. The molecule has 1 amide bonds. The van der Waals surface area contributed by atoms with E-state index in [0.717, 1.165) is 38.0 Å². The van der Waals surface area contributed by atoms with Crippen molar-refractivity contribution in [2.24, 2.45) is 0 Å². The van der Waals surface area contributed by atoms with Crippen molar-refractivity contribution in [1.29, 1.82) is 0 Å². The second kappa shape index (κ2) is 12.1. The van der Waals surface area contributed by atoms with E-state index in [2.05, 4.69) is 15.6 Å². The summed E-state index contributed by atoms with van der Waals surface area (Å²) in [6.45, 7) is 2.69. The first-order valence-electron chi connectivity index (χ1n) is 10.0. The molecule has 3 rings (SSSR count). The molecule has 0 bridgehead atoms. The highest BCUT2D eigenvalue weighted by atomic mass is 35.5. The first-order chi connectivity index (χ1) is 14.1. The van der Waals surface area contributed by atoms with Gasteiger partial charge in [-0.25, -0.2) is 0 Å². The molecule has 9 heteroatoms. The minimum atomic E-state index is -0.421. The smallest absolute Gasteiger partial charge is 0.292 e. The van der Waals surface area contributed by atoms with Crippen molar-refractivity contribution < 1.29 is 9.72 Å². The Bertz CT molecular complexity index is 813. The van der Waals surface area contributed by atoms with Gasteiger partial charge in [0.25, 0.3) is 5.69 Å². The average Bonchev–Trinajstić information content (AvgIpc) is 3.02. The number of anilines is 1. The van der Waals surface area contributed by atoms with Gasteiger partial charge >= 0.3 is 0 Å². The summed E-state index contributed by atoms with van der Waals surface area (Å²) in [5, 5.41) is 17.6. The van der Waals surface area contributed by atoms with Crippen molar-refractivity contribution in [3.05, 3.63) is 64.5 Å². The third kappa shape index (κ3) is 6.67. The Labute approximate surface area is 182 Å². The van der Waals surface area contributed by atoms with Crippen LogP contribution in [-0.4, -0.2) is 46.4 Å². The Hall–Kier alpha value is -2.71. The summed E-state index contributed by atoms with van der Waals surface area (Å²) in [6.07, 6.45) is 4.91. The average molecular weight is 434 g/mol. The van der Waals surface area contributed by atoms with Crippen molar-refractivity contribution in [3.8, 4) is 0 Å². The number of halogens is 1. The van der Waals surface area contributed by atoms with E-state index in [4.69, 9.17) is 0 Å². The number of nitrogens with one attached hydrogen (secondary N) is 2. The van der Waals surface area contributed by atoms with E-state index in [9.17, 15) is 14.9 Å². The Morgan fingerprint density at radius 2 is 2.00 bits per heavy atom. The van der Waals surface area contributed by atoms with Gasteiger partial charge < -0.3 is 15.5 Å². The lowest BCUT2D eigenvalue weighted by atomic mass is 10.1. The van der Waals surface area contributed by atoms with E-state index in [1.165, 1.54) is 6.07 Å². The van der Waals surface area contributed by atoms with Crippen LogP contribution in [0.3, 0.4) is 0 Å². The molecule has 2 aromatic rings. The van der Waals surface area contributed by atoms with Crippen molar-refractivity contribution in [3.63, 3.8) is 0 Å². The summed E-state index contributed by atoms with van der Waals surface area (Å²) in [5.74, 6) is 0.0358. The molecular weight excluding hydrogens is 406 g/mol. The van der Waals surface area contributed by atoms with Gasteiger partial charge in [0.15, 0.2) is 0 Å². The summed E-state index contributed by atoms with van der Waals surface area (Å²) in [5.41, 5.74) is 1.31. The van der Waals surface area contributed by atoms with Crippen molar-refractivity contribution in [2.75, 3.05) is 25.0 Å². The van der Waals surface area contributed by atoms with Crippen LogP contribution in [0.1, 0.15) is 31.4 Å². The van der Waals surface area contributed by atoms with Gasteiger partial charge in [-0.3, -0.25) is 19.9 Å². The molecule has 1 unspecified atom stereocenters. The Balaban J connectivity index is 0.00000320. The molecule has 1 aliphatic heterocycles. The van der Waals surface area contributed by atoms with Gasteiger partial charge in [-0.1, -0.05) is 18.2 Å². The molecule has 1 saturated heterocycles. The summed E-state index contributed by atoms with van der Waals surface area (Å²) < 4.78 is 0. The summed E-state index contributed by atoms with van der Waals surface area (Å²) >= 11 is 0. The molecule has 1 aromatic carbocycles. The van der Waals surface area contributed by atoms with Gasteiger partial charge in [0.2, 0.25) is 5.91 Å². The lowest BCUT2D eigenvalue weighted by molar-refractivity contribution is -0.384. The standard InChI is InChI=1S/C21H27N5O3.ClH/c27-21(11-15-24-19-8-1-2-9-20(19)26(28)29)25(16-17-6-3-4-13-23-17)18-7-5-12-22-14-10-18;/h1-4,6,8-9,13,18,22,24H,5,7,10-12,14-16H2;1H. The second-order valence-electron chi connectivity index (χ2n) is 7.13. The van der Waals surface area contributed by atoms with Crippen molar-refractivity contribution in [2.45, 2.75) is 38.3 Å². The second-order valence-corrected chi connectivity index (χ2v) is 7.13. The third-order valence-corrected chi connectivity index (χ3v) is 5.12. The molecule has 1 fully saturated rings. The monoisotopic (exact) mass is 433 g/mol. The molecule has 2 heterocycles. The van der Waals surface area contributed by atoms with E-state index >= 15 is 0 Å². The van der Waals surface area contributed by atoms with E-state index in [1.54, 1.807) is 24.4 Å². The fourth-order valence-electron chi connectivity index (χ4n) is 3.63. The van der Waals surface area contributed by atoms with Gasteiger partial charge in [0.1, 0.15) is 5.69 Å². The van der Waals surface area contributed by atoms with Crippen LogP contribution in [0.15, 0.2) is 48.7 Å². The number of rotatable bonds is 8. The maximum absolute atomic E-state index is 13.1. The number of pyridine rings is 1. The number of carbonyl (C=O) groups excluding carboxylic acids is 1. The maximum Gasteiger partial charge on any atom is 0.292 e. The lowest BCUT2D eigenvalue weighted by Crippen LogP contribution is -2.41. The number of nitro groups is 1. The first-order valence-corrected chi connectivity index (χ1v) is 10.0. The highest BCUT2D eigenvalue weighted by molar-refractivity contribution is 5.85. The van der Waals surface area contributed by atoms with E-state index < -0.39 is 4.92 Å². The van der Waals surface area contributed by atoms with Crippen molar-refractivity contribution in [1.82, 2.24) is 15.2 Å². The van der Waals surface area contributed by atoms with E-state index in [0.29, 0.717) is 18.8 Å². The highest BCUT2D eigenvalue weighted by Gasteiger charge is 2.25. The van der Waals surface area contributed by atoms with Gasteiger partial charge in [-0.2, -0.15) is 0 Å². The summed E-state index contributed by atoms with van der Waals surface area (Å²) in [6, 6.07) is 12.4. The third-order valence-electron chi connectivity index (χ3n) is 5.12. The Kier molecular flexibility index (Phi) is 9.50. The van der Waals surface area contributed by atoms with Crippen LogP contribution in [0.25, 0.3) is 0 Å². The van der Waals surface area contributed by atoms with Gasteiger partial charge in [0.05, 0.1) is 17.2 Å². The number of aromatic nitrogens is 1. The first kappa shape index (κ1) is 23.6. The molecule has 0 radical (unpaired) electrons. The van der Waals surface area contributed by atoms with Gasteiger partial charge in [0, 0.05) is 31.3 Å².